The fourth-order valence-corrected chi connectivity index (χ4v) is 1.46. The van der Waals surface area contributed by atoms with Crippen molar-refractivity contribution in [1.82, 2.24) is 0 Å². The maximum atomic E-state index is 12.1. The second-order valence-electron chi connectivity index (χ2n) is 3.33. The monoisotopic (exact) mass is 306 g/mol. The summed E-state index contributed by atoms with van der Waals surface area (Å²) >= 11 is 3.25. The number of Topliss-reactive ketones (excluding diaryl/α,β-unsaturated/α-hetero) is 1. The van der Waals surface area contributed by atoms with Gasteiger partial charge in [0.1, 0.15) is 0 Å². The highest BCUT2D eigenvalue weighted by Crippen LogP contribution is 2.21. The van der Waals surface area contributed by atoms with Crippen LogP contribution < -0.4 is 0 Å². The van der Waals surface area contributed by atoms with Crippen LogP contribution in [0.2, 0.25) is 0 Å². The van der Waals surface area contributed by atoms with E-state index in [1.807, 2.05) is 6.08 Å². The molecule has 0 atom stereocenters. The Morgan fingerprint density at radius 3 is 2.29 bits per heavy atom. The summed E-state index contributed by atoms with van der Waals surface area (Å²) < 4.78 is 36.3. The van der Waals surface area contributed by atoms with E-state index in [1.54, 1.807) is 6.08 Å². The lowest BCUT2D eigenvalue weighted by Crippen LogP contribution is -2.22. The minimum absolute atomic E-state index is 0.338. The first-order chi connectivity index (χ1) is 7.95. The predicted molar refractivity (Wildman–Crippen MR) is 64.3 cm³/mol. The van der Waals surface area contributed by atoms with E-state index in [9.17, 15) is 18.0 Å². The first-order valence-electron chi connectivity index (χ1n) is 4.89. The van der Waals surface area contributed by atoms with E-state index in [-0.39, 0.29) is 5.56 Å². The fourth-order valence-electron chi connectivity index (χ4n) is 1.19. The van der Waals surface area contributed by atoms with Crippen LogP contribution in [0.15, 0.2) is 30.3 Å². The third kappa shape index (κ3) is 4.34. The first kappa shape index (κ1) is 14.0. The smallest absolute Gasteiger partial charge is 0.284 e. The maximum Gasteiger partial charge on any atom is 0.454 e. The van der Waals surface area contributed by atoms with Crippen molar-refractivity contribution in [2.45, 2.75) is 12.6 Å². The van der Waals surface area contributed by atoms with Crippen molar-refractivity contribution in [2.75, 3.05) is 5.33 Å². The molecule has 1 nitrogen and oxygen atoms in total. The van der Waals surface area contributed by atoms with Crippen LogP contribution >= 0.6 is 15.9 Å². The summed E-state index contributed by atoms with van der Waals surface area (Å²) in [6.07, 6.45) is -0.283. The molecule has 17 heavy (non-hydrogen) atoms. The van der Waals surface area contributed by atoms with Crippen molar-refractivity contribution in [3.63, 3.8) is 0 Å². The highest BCUT2D eigenvalue weighted by molar-refractivity contribution is 9.09. The number of alkyl halides is 4. The molecule has 0 aromatic heterocycles. The van der Waals surface area contributed by atoms with Crippen LogP contribution in [0.3, 0.4) is 0 Å². The van der Waals surface area contributed by atoms with Crippen LogP contribution in [-0.4, -0.2) is 17.3 Å². The number of halogens is 4. The second kappa shape index (κ2) is 6.00. The Bertz CT molecular complexity index is 407. The van der Waals surface area contributed by atoms with Crippen molar-refractivity contribution in [3.05, 3.63) is 41.5 Å². The Kier molecular flexibility index (Phi) is 4.93. The number of hydrogen-bond acceptors (Lipinski definition) is 1. The Labute approximate surface area is 105 Å². The average molecular weight is 307 g/mol. The molecule has 0 bridgehead atoms. The lowest BCUT2D eigenvalue weighted by atomic mass is 10.1. The van der Waals surface area contributed by atoms with Gasteiger partial charge in [0.25, 0.3) is 5.78 Å². The SMILES string of the molecule is O=C(c1ccc(C=CCCBr)cc1)C(F)(F)F. The van der Waals surface area contributed by atoms with Gasteiger partial charge in [0.15, 0.2) is 0 Å². The summed E-state index contributed by atoms with van der Waals surface area (Å²) in [5.74, 6) is -1.81. The standard InChI is InChI=1S/C12H10BrF3O/c13-8-2-1-3-9-4-6-10(7-5-9)11(17)12(14,15)16/h1,3-7H,2,8H2. The van der Waals surface area contributed by atoms with Gasteiger partial charge in [-0.3, -0.25) is 4.79 Å². The summed E-state index contributed by atoms with van der Waals surface area (Å²) in [7, 11) is 0. The van der Waals surface area contributed by atoms with Crippen LogP contribution in [0.5, 0.6) is 0 Å². The molecule has 92 valence electrons. The zero-order valence-corrected chi connectivity index (χ0v) is 10.4. The first-order valence-corrected chi connectivity index (χ1v) is 6.01. The molecule has 0 heterocycles. The van der Waals surface area contributed by atoms with Crippen molar-refractivity contribution >= 4 is 27.8 Å². The molecule has 0 saturated heterocycles. The molecule has 1 aromatic rings. The van der Waals surface area contributed by atoms with Crippen LogP contribution in [0.25, 0.3) is 6.08 Å². The Hall–Kier alpha value is -1.10. The van der Waals surface area contributed by atoms with E-state index in [2.05, 4.69) is 15.9 Å². The lowest BCUT2D eigenvalue weighted by molar-refractivity contribution is -0.0885. The predicted octanol–water partition coefficient (Wildman–Crippen LogP) is 4.23. The van der Waals surface area contributed by atoms with Crippen molar-refractivity contribution in [1.29, 1.82) is 0 Å². The van der Waals surface area contributed by atoms with Gasteiger partial charge >= 0.3 is 6.18 Å². The summed E-state index contributed by atoms with van der Waals surface area (Å²) in [5, 5.41) is 0.828. The Morgan fingerprint density at radius 1 is 1.24 bits per heavy atom. The largest absolute Gasteiger partial charge is 0.454 e. The minimum atomic E-state index is -4.81. The van der Waals surface area contributed by atoms with Gasteiger partial charge in [0.05, 0.1) is 0 Å². The van der Waals surface area contributed by atoms with E-state index in [4.69, 9.17) is 0 Å². The average Bonchev–Trinajstić information content (AvgIpc) is 2.28. The molecule has 1 aromatic carbocycles. The molecular weight excluding hydrogens is 297 g/mol. The Balaban J connectivity index is 2.78. The molecule has 0 spiro atoms. The van der Waals surface area contributed by atoms with Crippen LogP contribution in [0.1, 0.15) is 22.3 Å². The summed E-state index contributed by atoms with van der Waals surface area (Å²) in [6.45, 7) is 0. The summed E-state index contributed by atoms with van der Waals surface area (Å²) in [5.41, 5.74) is 0.430. The number of carbonyl (C=O) groups excluding carboxylic acids is 1. The molecular formula is C12H10BrF3O. The third-order valence-electron chi connectivity index (χ3n) is 2.02. The summed E-state index contributed by atoms with van der Waals surface area (Å²) in [4.78, 5) is 10.9. The van der Waals surface area contributed by atoms with Gasteiger partial charge < -0.3 is 0 Å². The van der Waals surface area contributed by atoms with Gasteiger partial charge in [-0.2, -0.15) is 13.2 Å². The van der Waals surface area contributed by atoms with Gasteiger partial charge in [-0.05, 0) is 12.0 Å². The number of hydrogen-bond donors (Lipinski definition) is 0. The van der Waals surface area contributed by atoms with Crippen molar-refractivity contribution in [3.8, 4) is 0 Å². The molecule has 0 N–H and O–H groups in total. The van der Waals surface area contributed by atoms with E-state index >= 15 is 0 Å². The molecule has 1 rings (SSSR count). The number of benzene rings is 1. The number of carbonyl (C=O) groups is 1. The molecule has 0 fully saturated rings. The molecule has 0 aliphatic heterocycles. The van der Waals surface area contributed by atoms with E-state index in [1.165, 1.54) is 24.3 Å². The maximum absolute atomic E-state index is 12.1. The highest BCUT2D eigenvalue weighted by atomic mass is 79.9. The number of allylic oxidation sites excluding steroid dienone is 1. The van der Waals surface area contributed by atoms with Crippen molar-refractivity contribution < 1.29 is 18.0 Å². The fraction of sp³-hybridized carbons (Fsp3) is 0.250. The molecule has 0 aliphatic rings. The normalized spacial score (nSPS) is 12.0. The number of rotatable bonds is 4. The van der Waals surface area contributed by atoms with E-state index < -0.39 is 12.0 Å². The van der Waals surface area contributed by atoms with E-state index in [0.717, 1.165) is 17.3 Å². The van der Waals surface area contributed by atoms with Gasteiger partial charge in [0, 0.05) is 10.9 Å². The molecule has 0 radical (unpaired) electrons. The van der Waals surface area contributed by atoms with Crippen LogP contribution in [0, 0.1) is 0 Å². The van der Waals surface area contributed by atoms with Crippen LogP contribution in [0.4, 0.5) is 13.2 Å². The van der Waals surface area contributed by atoms with Gasteiger partial charge in [0.2, 0.25) is 0 Å². The summed E-state index contributed by atoms with van der Waals surface area (Å²) in [6, 6.07) is 5.35. The molecule has 0 amide bonds. The van der Waals surface area contributed by atoms with E-state index in [0.29, 0.717) is 0 Å². The molecule has 0 saturated carbocycles. The molecule has 5 heteroatoms. The minimum Gasteiger partial charge on any atom is -0.284 e. The topological polar surface area (TPSA) is 17.1 Å². The van der Waals surface area contributed by atoms with Crippen LogP contribution in [-0.2, 0) is 0 Å². The zero-order valence-electron chi connectivity index (χ0n) is 8.80. The van der Waals surface area contributed by atoms with Gasteiger partial charge in [-0.25, -0.2) is 0 Å². The number of ketones is 1. The van der Waals surface area contributed by atoms with Gasteiger partial charge in [-0.15, -0.1) is 0 Å². The second-order valence-corrected chi connectivity index (χ2v) is 4.12. The third-order valence-corrected chi connectivity index (χ3v) is 2.47. The molecule has 0 unspecified atom stereocenters. The Morgan fingerprint density at radius 2 is 1.82 bits per heavy atom. The lowest BCUT2D eigenvalue weighted by Gasteiger charge is -2.04. The quantitative estimate of drug-likeness (QED) is 0.601. The zero-order chi connectivity index (χ0) is 12.9. The molecule has 0 aliphatic carbocycles. The van der Waals surface area contributed by atoms with Crippen molar-refractivity contribution in [2.24, 2.45) is 0 Å². The van der Waals surface area contributed by atoms with Gasteiger partial charge in [-0.1, -0.05) is 52.3 Å². The highest BCUT2D eigenvalue weighted by Gasteiger charge is 2.38.